The van der Waals surface area contributed by atoms with Crippen molar-refractivity contribution in [3.8, 4) is 10.7 Å². The Bertz CT molecular complexity index is 1510. The molecule has 5 rings (SSSR count). The van der Waals surface area contributed by atoms with Crippen LogP contribution in [0.2, 0.25) is 0 Å². The highest BCUT2D eigenvalue weighted by Crippen LogP contribution is 2.44. The number of carbonyl (C=O) groups excluding carboxylic acids is 1. The lowest BCUT2D eigenvalue weighted by atomic mass is 9.89. The van der Waals surface area contributed by atoms with Gasteiger partial charge in [-0.25, -0.2) is 4.39 Å². The summed E-state index contributed by atoms with van der Waals surface area (Å²) in [5, 5.41) is 17.6. The van der Waals surface area contributed by atoms with Crippen LogP contribution >= 0.6 is 11.3 Å². The Kier molecular flexibility index (Phi) is 8.32. The molecule has 4 unspecified atom stereocenters. The van der Waals surface area contributed by atoms with Gasteiger partial charge in [-0.15, -0.1) is 11.3 Å². The molecule has 3 aromatic heterocycles. The highest BCUT2D eigenvalue weighted by Gasteiger charge is 2.37. The zero-order valence-electron chi connectivity index (χ0n) is 22.8. The Balaban J connectivity index is 1.45. The highest BCUT2D eigenvalue weighted by molar-refractivity contribution is 7.23. The van der Waals surface area contributed by atoms with E-state index in [0.29, 0.717) is 34.2 Å². The van der Waals surface area contributed by atoms with Gasteiger partial charge < -0.3 is 20.5 Å². The van der Waals surface area contributed by atoms with E-state index in [1.807, 2.05) is 13.8 Å². The smallest absolute Gasteiger partial charge is 0.378 e. The molecule has 220 valence electrons. The molecule has 9 nitrogen and oxygen atoms in total. The number of carbonyl (C=O) groups is 1. The van der Waals surface area contributed by atoms with E-state index in [9.17, 15) is 18.0 Å². The maximum absolute atomic E-state index is 15.4. The Morgan fingerprint density at radius 3 is 2.76 bits per heavy atom. The largest absolute Gasteiger partial charge is 0.393 e. The van der Waals surface area contributed by atoms with Crippen LogP contribution in [0.25, 0.3) is 20.8 Å². The molecule has 4 heterocycles. The summed E-state index contributed by atoms with van der Waals surface area (Å²) in [4.78, 5) is 16.8. The normalized spacial score (nSPS) is 21.3. The van der Waals surface area contributed by atoms with E-state index in [0.717, 1.165) is 17.8 Å². The summed E-state index contributed by atoms with van der Waals surface area (Å²) in [5.74, 6) is -0.380. The van der Waals surface area contributed by atoms with E-state index >= 15 is 4.39 Å². The molecule has 0 radical (unpaired) electrons. The van der Waals surface area contributed by atoms with Gasteiger partial charge in [-0.3, -0.25) is 9.48 Å². The first kappa shape index (κ1) is 29.0. The lowest BCUT2D eigenvalue weighted by Crippen LogP contribution is -2.57. The first-order valence-corrected chi connectivity index (χ1v) is 14.3. The third-order valence-corrected chi connectivity index (χ3v) is 8.54. The van der Waals surface area contributed by atoms with Gasteiger partial charge in [0.25, 0.3) is 5.91 Å². The minimum atomic E-state index is -4.49. The molecule has 41 heavy (non-hydrogen) atoms. The number of rotatable bonds is 9. The molecule has 0 spiro atoms. The molecule has 1 aliphatic heterocycles. The SMILES string of the molecule is CCC1CC(Nc2cccc3c(CC(F)(F)F)c(-c4noc(CNC(=O)c5cnn(C)c5)n4)sc23)C(F)C(CC)N1. The van der Waals surface area contributed by atoms with Gasteiger partial charge in [-0.1, -0.05) is 31.1 Å². The minimum absolute atomic E-state index is 0.00986. The van der Waals surface area contributed by atoms with Crippen LogP contribution in [-0.2, 0) is 20.0 Å². The summed E-state index contributed by atoms with van der Waals surface area (Å²) in [5.41, 5.74) is 0.922. The number of thiophene rings is 1. The quantitative estimate of drug-likeness (QED) is 0.223. The number of halogens is 4. The van der Waals surface area contributed by atoms with Crippen LogP contribution in [0, 0.1) is 0 Å². The van der Waals surface area contributed by atoms with Crippen LogP contribution in [0.3, 0.4) is 0 Å². The van der Waals surface area contributed by atoms with Crippen LogP contribution in [-0.4, -0.2) is 56.3 Å². The number of anilines is 1. The first-order valence-electron chi connectivity index (χ1n) is 13.4. The number of hydrogen-bond acceptors (Lipinski definition) is 8. The summed E-state index contributed by atoms with van der Waals surface area (Å²) < 4.78 is 63.9. The summed E-state index contributed by atoms with van der Waals surface area (Å²) in [6, 6.07) is 4.39. The monoisotopic (exact) mass is 593 g/mol. The molecule has 1 aromatic carbocycles. The molecule has 1 amide bonds. The fourth-order valence-corrected chi connectivity index (χ4v) is 6.42. The Hall–Kier alpha value is -3.52. The van der Waals surface area contributed by atoms with Gasteiger partial charge in [0, 0.05) is 25.3 Å². The second kappa shape index (κ2) is 11.8. The van der Waals surface area contributed by atoms with Gasteiger partial charge in [-0.2, -0.15) is 23.3 Å². The van der Waals surface area contributed by atoms with Crippen molar-refractivity contribution in [2.75, 3.05) is 5.32 Å². The number of fused-ring (bicyclic) bond motifs is 1. The van der Waals surface area contributed by atoms with E-state index < -0.39 is 30.7 Å². The topological polar surface area (TPSA) is 110 Å². The fraction of sp³-hybridized carbons (Fsp3) is 0.481. The third kappa shape index (κ3) is 6.38. The zero-order valence-corrected chi connectivity index (χ0v) is 23.6. The Morgan fingerprint density at radius 1 is 1.27 bits per heavy atom. The molecular weight excluding hydrogens is 562 g/mol. The zero-order chi connectivity index (χ0) is 29.3. The number of aromatic nitrogens is 4. The molecule has 14 heteroatoms. The molecule has 3 N–H and O–H groups in total. The molecule has 4 atom stereocenters. The predicted octanol–water partition coefficient (Wildman–Crippen LogP) is 5.39. The maximum Gasteiger partial charge on any atom is 0.393 e. The molecule has 0 aliphatic carbocycles. The molecule has 1 aliphatic rings. The number of hydrogen-bond donors (Lipinski definition) is 3. The molecule has 1 saturated heterocycles. The van der Waals surface area contributed by atoms with E-state index in [4.69, 9.17) is 4.52 Å². The summed E-state index contributed by atoms with van der Waals surface area (Å²) in [6.45, 7) is 3.86. The van der Waals surface area contributed by atoms with Crippen LogP contribution in [0.4, 0.5) is 23.2 Å². The number of amides is 1. The maximum atomic E-state index is 15.4. The molecule has 0 bridgehead atoms. The summed E-state index contributed by atoms with van der Waals surface area (Å²) >= 11 is 1.10. The Labute approximate surface area is 237 Å². The Morgan fingerprint density at radius 2 is 2.07 bits per heavy atom. The van der Waals surface area contributed by atoms with E-state index in [-0.39, 0.29) is 40.8 Å². The van der Waals surface area contributed by atoms with Crippen LogP contribution in [0.1, 0.15) is 54.9 Å². The van der Waals surface area contributed by atoms with Gasteiger partial charge in [0.2, 0.25) is 11.7 Å². The fourth-order valence-electron chi connectivity index (χ4n) is 5.20. The van der Waals surface area contributed by atoms with Crippen molar-refractivity contribution in [2.45, 2.75) is 76.5 Å². The minimum Gasteiger partial charge on any atom is -0.378 e. The second-order valence-corrected chi connectivity index (χ2v) is 11.2. The first-order chi connectivity index (χ1) is 19.6. The number of piperidine rings is 1. The lowest BCUT2D eigenvalue weighted by Gasteiger charge is -2.39. The van der Waals surface area contributed by atoms with Crippen molar-refractivity contribution in [1.29, 1.82) is 0 Å². The van der Waals surface area contributed by atoms with Crippen molar-refractivity contribution < 1.29 is 26.9 Å². The third-order valence-electron chi connectivity index (χ3n) is 7.26. The van der Waals surface area contributed by atoms with Crippen molar-refractivity contribution in [2.24, 2.45) is 7.05 Å². The second-order valence-electron chi connectivity index (χ2n) is 10.2. The number of nitrogens with zero attached hydrogens (tertiary/aromatic N) is 4. The predicted molar refractivity (Wildman–Crippen MR) is 147 cm³/mol. The molecule has 1 fully saturated rings. The average molecular weight is 594 g/mol. The van der Waals surface area contributed by atoms with Crippen LogP contribution in [0.5, 0.6) is 0 Å². The average Bonchev–Trinajstić information content (AvgIpc) is 3.67. The number of aryl methyl sites for hydroxylation is 1. The van der Waals surface area contributed by atoms with Crippen molar-refractivity contribution >= 4 is 33.0 Å². The molecule has 0 saturated carbocycles. The highest BCUT2D eigenvalue weighted by atomic mass is 32.1. The summed E-state index contributed by atoms with van der Waals surface area (Å²) in [6.07, 6.45) is -1.87. The van der Waals surface area contributed by atoms with E-state index in [1.165, 1.54) is 10.9 Å². The lowest BCUT2D eigenvalue weighted by molar-refractivity contribution is -0.126. The van der Waals surface area contributed by atoms with Gasteiger partial charge >= 0.3 is 6.18 Å². The van der Waals surface area contributed by atoms with Crippen LogP contribution < -0.4 is 16.0 Å². The van der Waals surface area contributed by atoms with Crippen LogP contribution in [0.15, 0.2) is 35.1 Å². The van der Waals surface area contributed by atoms with Crippen molar-refractivity contribution in [3.63, 3.8) is 0 Å². The van der Waals surface area contributed by atoms with Crippen molar-refractivity contribution in [3.05, 3.63) is 47.6 Å². The number of alkyl halides is 4. The van der Waals surface area contributed by atoms with Gasteiger partial charge in [0.15, 0.2) is 0 Å². The van der Waals surface area contributed by atoms with Gasteiger partial charge in [-0.05, 0) is 36.3 Å². The summed E-state index contributed by atoms with van der Waals surface area (Å²) in [7, 11) is 1.68. The standard InChI is InChI=1S/C27H31F4N7O2S/c1-4-15-9-20(22(28)18(5-2)34-15)35-19-8-6-7-16-17(10-27(29,30)31)24(41-23(16)19)25-36-21(40-37-25)12-32-26(39)14-11-33-38(3)13-14/h6-8,11,13,15,18,20,22,34-35H,4-5,9-10,12H2,1-3H3,(H,32,39). The van der Waals surface area contributed by atoms with Gasteiger partial charge in [0.1, 0.15) is 6.17 Å². The molecule has 4 aromatic rings. The molecular formula is C27H31F4N7O2S. The van der Waals surface area contributed by atoms with E-state index in [2.05, 4.69) is 31.2 Å². The van der Waals surface area contributed by atoms with Gasteiger partial charge in [0.05, 0.1) is 46.0 Å². The van der Waals surface area contributed by atoms with Crippen molar-refractivity contribution in [1.82, 2.24) is 30.6 Å². The van der Waals surface area contributed by atoms with E-state index in [1.54, 1.807) is 31.4 Å². The number of benzene rings is 1. The number of nitrogens with one attached hydrogen (secondary N) is 3.